The first kappa shape index (κ1) is 16.4. The zero-order valence-corrected chi connectivity index (χ0v) is 11.0. The van der Waals surface area contributed by atoms with Crippen LogP contribution in [0.2, 0.25) is 0 Å². The SMILES string of the molecule is CC(C)(C)CC(=O)NC(CCCC(=O)O)C(=O)O. The van der Waals surface area contributed by atoms with Gasteiger partial charge in [-0.3, -0.25) is 9.59 Å². The summed E-state index contributed by atoms with van der Waals surface area (Å²) in [5.74, 6) is -2.44. The fraction of sp³-hybridized carbons (Fsp3) is 0.750. The topological polar surface area (TPSA) is 104 Å². The van der Waals surface area contributed by atoms with Gasteiger partial charge in [-0.15, -0.1) is 0 Å². The molecule has 0 bridgehead atoms. The summed E-state index contributed by atoms with van der Waals surface area (Å²) >= 11 is 0. The van der Waals surface area contributed by atoms with Gasteiger partial charge in [0.1, 0.15) is 6.04 Å². The first-order valence-electron chi connectivity index (χ1n) is 5.86. The molecular weight excluding hydrogens is 238 g/mol. The third kappa shape index (κ3) is 8.55. The first-order valence-corrected chi connectivity index (χ1v) is 5.86. The monoisotopic (exact) mass is 259 g/mol. The van der Waals surface area contributed by atoms with Crippen LogP contribution in [0, 0.1) is 5.41 Å². The van der Waals surface area contributed by atoms with Crippen molar-refractivity contribution in [3.8, 4) is 0 Å². The van der Waals surface area contributed by atoms with Gasteiger partial charge in [0.15, 0.2) is 0 Å². The maximum atomic E-state index is 11.6. The molecule has 0 aliphatic carbocycles. The van der Waals surface area contributed by atoms with Crippen LogP contribution in [-0.2, 0) is 14.4 Å². The quantitative estimate of drug-likeness (QED) is 0.638. The second-order valence-electron chi connectivity index (χ2n) is 5.48. The van der Waals surface area contributed by atoms with E-state index in [0.717, 1.165) is 0 Å². The Bertz CT molecular complexity index is 319. The molecular formula is C12H21NO5. The molecule has 0 rings (SSSR count). The van der Waals surface area contributed by atoms with Gasteiger partial charge in [-0.25, -0.2) is 4.79 Å². The highest BCUT2D eigenvalue weighted by Crippen LogP contribution is 2.18. The van der Waals surface area contributed by atoms with Gasteiger partial charge in [-0.2, -0.15) is 0 Å². The van der Waals surface area contributed by atoms with Crippen molar-refractivity contribution in [2.45, 2.75) is 52.5 Å². The van der Waals surface area contributed by atoms with Crippen LogP contribution in [0.1, 0.15) is 46.5 Å². The Labute approximate surface area is 106 Å². The number of carboxylic acids is 2. The van der Waals surface area contributed by atoms with Crippen LogP contribution >= 0.6 is 0 Å². The summed E-state index contributed by atoms with van der Waals surface area (Å²) in [5, 5.41) is 19.8. The Hall–Kier alpha value is -1.59. The molecule has 0 aliphatic heterocycles. The van der Waals surface area contributed by atoms with Crippen LogP contribution < -0.4 is 5.32 Å². The van der Waals surface area contributed by atoms with Crippen molar-refractivity contribution in [1.29, 1.82) is 0 Å². The molecule has 1 unspecified atom stereocenters. The predicted molar refractivity (Wildman–Crippen MR) is 65.1 cm³/mol. The summed E-state index contributed by atoms with van der Waals surface area (Å²) < 4.78 is 0. The third-order valence-corrected chi connectivity index (χ3v) is 2.21. The highest BCUT2D eigenvalue weighted by molar-refractivity contribution is 5.83. The molecule has 0 radical (unpaired) electrons. The lowest BCUT2D eigenvalue weighted by atomic mass is 9.92. The van der Waals surface area contributed by atoms with Crippen molar-refractivity contribution in [1.82, 2.24) is 5.32 Å². The zero-order valence-electron chi connectivity index (χ0n) is 11.0. The van der Waals surface area contributed by atoms with Crippen molar-refractivity contribution in [3.05, 3.63) is 0 Å². The van der Waals surface area contributed by atoms with E-state index in [1.807, 2.05) is 20.8 Å². The number of hydrogen-bond donors (Lipinski definition) is 3. The number of hydrogen-bond acceptors (Lipinski definition) is 3. The molecule has 0 aromatic carbocycles. The predicted octanol–water partition coefficient (Wildman–Crippen LogP) is 1.25. The Morgan fingerprint density at radius 2 is 1.72 bits per heavy atom. The molecule has 6 nitrogen and oxygen atoms in total. The largest absolute Gasteiger partial charge is 0.481 e. The van der Waals surface area contributed by atoms with Crippen LogP contribution in [-0.4, -0.2) is 34.1 Å². The average molecular weight is 259 g/mol. The highest BCUT2D eigenvalue weighted by Gasteiger charge is 2.22. The molecule has 1 atom stereocenters. The van der Waals surface area contributed by atoms with Crippen LogP contribution in [0.25, 0.3) is 0 Å². The molecule has 0 aliphatic rings. The van der Waals surface area contributed by atoms with E-state index in [2.05, 4.69) is 5.32 Å². The van der Waals surface area contributed by atoms with E-state index in [-0.39, 0.29) is 37.0 Å². The Balaban J connectivity index is 4.23. The minimum absolute atomic E-state index is 0.0983. The second kappa shape index (κ2) is 6.98. The molecule has 6 heteroatoms. The maximum absolute atomic E-state index is 11.6. The fourth-order valence-corrected chi connectivity index (χ4v) is 1.44. The summed E-state index contributed by atoms with van der Waals surface area (Å²) in [6, 6.07) is -1.01. The van der Waals surface area contributed by atoms with Crippen LogP contribution in [0.4, 0.5) is 0 Å². The molecule has 0 saturated heterocycles. The van der Waals surface area contributed by atoms with Crippen LogP contribution in [0.15, 0.2) is 0 Å². The maximum Gasteiger partial charge on any atom is 0.326 e. The Kier molecular flexibility index (Phi) is 6.36. The van der Waals surface area contributed by atoms with Gasteiger partial charge in [0.25, 0.3) is 0 Å². The van der Waals surface area contributed by atoms with Crippen molar-refractivity contribution >= 4 is 17.8 Å². The van der Waals surface area contributed by atoms with Crippen molar-refractivity contribution in [2.24, 2.45) is 5.41 Å². The molecule has 1 amide bonds. The number of amides is 1. The third-order valence-electron chi connectivity index (χ3n) is 2.21. The summed E-state index contributed by atoms with van der Waals surface area (Å²) in [6.45, 7) is 5.65. The summed E-state index contributed by atoms with van der Waals surface area (Å²) in [7, 11) is 0. The summed E-state index contributed by atoms with van der Waals surface area (Å²) in [4.78, 5) is 32.8. The minimum atomic E-state index is -1.14. The normalized spacial score (nSPS) is 12.8. The zero-order chi connectivity index (χ0) is 14.3. The summed E-state index contributed by atoms with van der Waals surface area (Å²) in [5.41, 5.74) is -0.214. The molecule has 0 saturated carbocycles. The van der Waals surface area contributed by atoms with Crippen molar-refractivity contribution in [2.75, 3.05) is 0 Å². The standard InChI is InChI=1S/C12H21NO5/c1-12(2,3)7-9(14)13-8(11(17)18)5-4-6-10(15)16/h8H,4-7H2,1-3H3,(H,13,14)(H,15,16)(H,17,18). The minimum Gasteiger partial charge on any atom is -0.481 e. The molecule has 18 heavy (non-hydrogen) atoms. The van der Waals surface area contributed by atoms with Gasteiger partial charge in [-0.1, -0.05) is 20.8 Å². The Morgan fingerprint density at radius 3 is 2.11 bits per heavy atom. The number of carbonyl (C=O) groups is 3. The van der Waals surface area contributed by atoms with Gasteiger partial charge in [0.2, 0.25) is 5.91 Å². The van der Waals surface area contributed by atoms with E-state index in [1.165, 1.54) is 0 Å². The first-order chi connectivity index (χ1) is 8.11. The Morgan fingerprint density at radius 1 is 1.17 bits per heavy atom. The van der Waals surface area contributed by atoms with Crippen LogP contribution in [0.5, 0.6) is 0 Å². The lowest BCUT2D eigenvalue weighted by Crippen LogP contribution is -2.42. The smallest absolute Gasteiger partial charge is 0.326 e. The van der Waals surface area contributed by atoms with E-state index in [0.29, 0.717) is 0 Å². The lowest BCUT2D eigenvalue weighted by Gasteiger charge is -2.20. The number of carbonyl (C=O) groups excluding carboxylic acids is 1. The van der Waals surface area contributed by atoms with Crippen molar-refractivity contribution < 1.29 is 24.6 Å². The second-order valence-corrected chi connectivity index (χ2v) is 5.48. The number of aliphatic carboxylic acids is 2. The van der Waals surface area contributed by atoms with Gasteiger partial charge in [0, 0.05) is 12.8 Å². The highest BCUT2D eigenvalue weighted by atomic mass is 16.4. The van der Waals surface area contributed by atoms with Crippen molar-refractivity contribution in [3.63, 3.8) is 0 Å². The molecule has 0 heterocycles. The van der Waals surface area contributed by atoms with Gasteiger partial charge < -0.3 is 15.5 Å². The van der Waals surface area contributed by atoms with E-state index in [4.69, 9.17) is 10.2 Å². The van der Waals surface area contributed by atoms with E-state index < -0.39 is 18.0 Å². The molecule has 3 N–H and O–H groups in total. The molecule has 0 aromatic rings. The number of carboxylic acid groups (broad SMARTS) is 2. The van der Waals surface area contributed by atoms with Gasteiger partial charge >= 0.3 is 11.9 Å². The van der Waals surface area contributed by atoms with Gasteiger partial charge in [0.05, 0.1) is 0 Å². The lowest BCUT2D eigenvalue weighted by molar-refractivity contribution is -0.143. The average Bonchev–Trinajstić information content (AvgIpc) is 2.12. The number of rotatable bonds is 7. The molecule has 0 spiro atoms. The number of nitrogens with one attached hydrogen (secondary N) is 1. The van der Waals surface area contributed by atoms with E-state index >= 15 is 0 Å². The van der Waals surface area contributed by atoms with E-state index in [1.54, 1.807) is 0 Å². The summed E-state index contributed by atoms with van der Waals surface area (Å²) in [6.07, 6.45) is 0.480. The van der Waals surface area contributed by atoms with Crippen LogP contribution in [0.3, 0.4) is 0 Å². The molecule has 0 aromatic heterocycles. The fourth-order valence-electron chi connectivity index (χ4n) is 1.44. The molecule has 104 valence electrons. The molecule has 0 fully saturated rings. The van der Waals surface area contributed by atoms with E-state index in [9.17, 15) is 14.4 Å². The van der Waals surface area contributed by atoms with Gasteiger partial charge in [-0.05, 0) is 18.3 Å².